The molecule has 2 aromatic rings. The highest BCUT2D eigenvalue weighted by Crippen LogP contribution is 2.44. The summed E-state index contributed by atoms with van der Waals surface area (Å²) < 4.78 is 39.6. The maximum absolute atomic E-state index is 12.9. The molecule has 1 aromatic carbocycles. The molecular weight excluding hydrogens is 332 g/mol. The quantitative estimate of drug-likeness (QED) is 0.831. The molecule has 9 heteroatoms. The number of hydrogen-bond acceptors (Lipinski definition) is 6. The number of aromatic nitrogens is 3. The number of ether oxygens (including phenoxy) is 2. The Morgan fingerprint density at radius 2 is 2.25 bits per heavy atom. The van der Waals surface area contributed by atoms with Gasteiger partial charge in [0.2, 0.25) is 10.0 Å². The summed E-state index contributed by atoms with van der Waals surface area (Å²) in [5.41, 5.74) is 0.943. The van der Waals surface area contributed by atoms with Gasteiger partial charge >= 0.3 is 0 Å². The molecule has 2 heterocycles. The number of nitrogens with one attached hydrogen (secondary N) is 1. The van der Waals surface area contributed by atoms with Gasteiger partial charge in [-0.1, -0.05) is 6.07 Å². The van der Waals surface area contributed by atoms with E-state index in [0.717, 1.165) is 6.42 Å². The van der Waals surface area contributed by atoms with Crippen LogP contribution in [-0.4, -0.2) is 55.9 Å². The fourth-order valence-electron chi connectivity index (χ4n) is 3.87. The summed E-state index contributed by atoms with van der Waals surface area (Å²) in [5, 5.41) is 8.36. The van der Waals surface area contributed by atoms with E-state index in [4.69, 9.17) is 9.47 Å². The van der Waals surface area contributed by atoms with Crippen molar-refractivity contribution in [3.8, 4) is 0 Å². The highest BCUT2D eigenvalue weighted by molar-refractivity contribution is 7.89. The Morgan fingerprint density at radius 1 is 1.42 bits per heavy atom. The summed E-state index contributed by atoms with van der Waals surface area (Å²) in [6.07, 6.45) is 0.956. The molecule has 1 saturated heterocycles. The van der Waals surface area contributed by atoms with Gasteiger partial charge in [0, 0.05) is 38.6 Å². The summed E-state index contributed by atoms with van der Waals surface area (Å²) in [4.78, 5) is 1.54. The fraction of sp³-hybridized carbons (Fsp3) is 0.600. The number of aryl methyl sites for hydroxylation is 1. The molecule has 1 saturated carbocycles. The Kier molecular flexibility index (Phi) is 3.83. The molecule has 24 heavy (non-hydrogen) atoms. The van der Waals surface area contributed by atoms with Gasteiger partial charge in [-0.05, 0) is 18.6 Å². The summed E-state index contributed by atoms with van der Waals surface area (Å²) >= 11 is 0. The Bertz CT molecular complexity index is 865. The molecule has 1 aliphatic heterocycles. The maximum atomic E-state index is 12.9. The first-order chi connectivity index (χ1) is 11.5. The Hall–Kier alpha value is -1.55. The Labute approximate surface area is 140 Å². The topological polar surface area (TPSA) is 95.3 Å². The molecule has 1 aromatic heterocycles. The first-order valence-corrected chi connectivity index (χ1v) is 9.42. The minimum Gasteiger partial charge on any atom is -0.384 e. The summed E-state index contributed by atoms with van der Waals surface area (Å²) in [7, 11) is -0.410. The standard InChI is InChI=1S/C15H20N4O4S/c1-19-16-11-4-3-5-12(14(11)17-19)24(20,21)18-13-9-6-7-23-15(9)10(13)8-22-2/h3-5,9-10,13,15,18H,6-8H2,1-2H3/t9-,10+,13+,15-/m0/s1. The smallest absolute Gasteiger partial charge is 0.243 e. The number of methoxy groups -OCH3 is 1. The van der Waals surface area contributed by atoms with Gasteiger partial charge in [-0.25, -0.2) is 13.1 Å². The third kappa shape index (κ3) is 2.43. The van der Waals surface area contributed by atoms with Crippen LogP contribution in [0.15, 0.2) is 23.1 Å². The Balaban J connectivity index is 1.65. The molecule has 0 spiro atoms. The molecule has 0 amide bonds. The summed E-state index contributed by atoms with van der Waals surface area (Å²) in [6, 6.07) is 4.82. The van der Waals surface area contributed by atoms with Crippen molar-refractivity contribution in [1.29, 1.82) is 0 Å². The van der Waals surface area contributed by atoms with Crippen molar-refractivity contribution in [2.24, 2.45) is 18.9 Å². The van der Waals surface area contributed by atoms with Crippen LogP contribution in [0, 0.1) is 11.8 Å². The fourth-order valence-corrected chi connectivity index (χ4v) is 5.36. The van der Waals surface area contributed by atoms with Crippen LogP contribution in [0.2, 0.25) is 0 Å². The molecule has 0 radical (unpaired) electrons. The zero-order valence-electron chi connectivity index (χ0n) is 13.5. The third-order valence-corrected chi connectivity index (χ3v) is 6.43. The number of rotatable bonds is 5. The second-order valence-electron chi connectivity index (χ2n) is 6.37. The van der Waals surface area contributed by atoms with Gasteiger partial charge in [0.1, 0.15) is 15.9 Å². The van der Waals surface area contributed by atoms with Gasteiger partial charge in [-0.3, -0.25) is 0 Å². The molecule has 2 aliphatic rings. The van der Waals surface area contributed by atoms with Gasteiger partial charge in [0.25, 0.3) is 0 Å². The number of benzene rings is 1. The second-order valence-corrected chi connectivity index (χ2v) is 8.05. The molecular formula is C15H20N4O4S. The van der Waals surface area contributed by atoms with Gasteiger partial charge in [-0.2, -0.15) is 15.0 Å². The van der Waals surface area contributed by atoms with Crippen LogP contribution in [0.3, 0.4) is 0 Å². The highest BCUT2D eigenvalue weighted by Gasteiger charge is 2.55. The van der Waals surface area contributed by atoms with Crippen LogP contribution in [0.4, 0.5) is 0 Å². The molecule has 2 fully saturated rings. The molecule has 0 unspecified atom stereocenters. The predicted octanol–water partition coefficient (Wildman–Crippen LogP) is 0.296. The van der Waals surface area contributed by atoms with Gasteiger partial charge in [0.05, 0.1) is 12.7 Å². The molecule has 4 atom stereocenters. The average molecular weight is 352 g/mol. The van der Waals surface area contributed by atoms with Crippen LogP contribution in [-0.2, 0) is 26.5 Å². The van der Waals surface area contributed by atoms with E-state index < -0.39 is 10.0 Å². The van der Waals surface area contributed by atoms with E-state index in [9.17, 15) is 8.42 Å². The van der Waals surface area contributed by atoms with E-state index >= 15 is 0 Å². The molecule has 0 bridgehead atoms. The third-order valence-electron chi connectivity index (χ3n) is 4.94. The summed E-state index contributed by atoms with van der Waals surface area (Å²) in [5.74, 6) is 0.249. The van der Waals surface area contributed by atoms with Crippen molar-refractivity contribution in [2.45, 2.75) is 23.5 Å². The lowest BCUT2D eigenvalue weighted by Gasteiger charge is -2.47. The average Bonchev–Trinajstić information content (AvgIpc) is 3.12. The minimum atomic E-state index is -3.70. The lowest BCUT2D eigenvalue weighted by atomic mass is 9.68. The van der Waals surface area contributed by atoms with Crippen LogP contribution in [0.1, 0.15) is 6.42 Å². The van der Waals surface area contributed by atoms with Crippen molar-refractivity contribution < 1.29 is 17.9 Å². The molecule has 8 nitrogen and oxygen atoms in total. The number of sulfonamides is 1. The molecule has 1 N–H and O–H groups in total. The van der Waals surface area contributed by atoms with Gasteiger partial charge < -0.3 is 9.47 Å². The zero-order chi connectivity index (χ0) is 16.9. The predicted molar refractivity (Wildman–Crippen MR) is 85.8 cm³/mol. The lowest BCUT2D eigenvalue weighted by Crippen LogP contribution is -2.62. The molecule has 1 aliphatic carbocycles. The lowest BCUT2D eigenvalue weighted by molar-refractivity contribution is -0.0775. The van der Waals surface area contributed by atoms with E-state index in [1.165, 1.54) is 4.80 Å². The van der Waals surface area contributed by atoms with Crippen molar-refractivity contribution in [3.05, 3.63) is 18.2 Å². The summed E-state index contributed by atoms with van der Waals surface area (Å²) in [6.45, 7) is 1.15. The van der Waals surface area contributed by atoms with Gasteiger partial charge in [-0.15, -0.1) is 0 Å². The zero-order valence-corrected chi connectivity index (χ0v) is 14.4. The first-order valence-electron chi connectivity index (χ1n) is 7.94. The van der Waals surface area contributed by atoms with E-state index in [1.807, 2.05) is 0 Å². The second kappa shape index (κ2) is 5.76. The van der Waals surface area contributed by atoms with E-state index in [0.29, 0.717) is 24.2 Å². The van der Waals surface area contributed by atoms with Crippen LogP contribution < -0.4 is 4.72 Å². The maximum Gasteiger partial charge on any atom is 0.243 e. The molecule has 4 rings (SSSR count). The first kappa shape index (κ1) is 15.9. The highest BCUT2D eigenvalue weighted by atomic mass is 32.2. The van der Waals surface area contributed by atoms with Crippen molar-refractivity contribution in [1.82, 2.24) is 19.7 Å². The number of hydrogen-bond donors (Lipinski definition) is 1. The van der Waals surface area contributed by atoms with Crippen molar-refractivity contribution in [2.75, 3.05) is 20.3 Å². The number of nitrogens with zero attached hydrogens (tertiary/aromatic N) is 3. The molecule has 130 valence electrons. The van der Waals surface area contributed by atoms with E-state index in [1.54, 1.807) is 32.4 Å². The minimum absolute atomic E-state index is 0.0401. The number of fused-ring (bicyclic) bond motifs is 2. The van der Waals surface area contributed by atoms with Gasteiger partial charge in [0.15, 0.2) is 0 Å². The van der Waals surface area contributed by atoms with Crippen LogP contribution >= 0.6 is 0 Å². The monoisotopic (exact) mass is 352 g/mol. The largest absolute Gasteiger partial charge is 0.384 e. The van der Waals surface area contributed by atoms with Crippen LogP contribution in [0.25, 0.3) is 11.0 Å². The van der Waals surface area contributed by atoms with E-state index in [-0.39, 0.29) is 28.9 Å². The SMILES string of the molecule is COC[C@@H]1[C@H](NS(=O)(=O)c2cccc3nn(C)nc23)[C@@H]2CCO[C@H]12. The van der Waals surface area contributed by atoms with Crippen molar-refractivity contribution >= 4 is 21.1 Å². The van der Waals surface area contributed by atoms with Crippen LogP contribution in [0.5, 0.6) is 0 Å². The normalized spacial score (nSPS) is 29.6. The van der Waals surface area contributed by atoms with E-state index in [2.05, 4.69) is 14.9 Å². The Morgan fingerprint density at radius 3 is 3.04 bits per heavy atom. The van der Waals surface area contributed by atoms with Crippen molar-refractivity contribution in [3.63, 3.8) is 0 Å².